The highest BCUT2D eigenvalue weighted by Crippen LogP contribution is 2.04. The fourth-order valence-electron chi connectivity index (χ4n) is 2.32. The molecule has 136 valence electrons. The highest BCUT2D eigenvalue weighted by atomic mass is 16.5. The van der Waals surface area contributed by atoms with Crippen molar-refractivity contribution >= 4 is 23.7 Å². The number of alkyl carbamates (subject to hydrolysis) is 1. The summed E-state index contributed by atoms with van der Waals surface area (Å²) >= 11 is 0. The second kappa shape index (κ2) is 9.17. The van der Waals surface area contributed by atoms with Crippen LogP contribution in [0.2, 0.25) is 0 Å². The number of nitrogens with one attached hydrogen (secondary N) is 3. The Kier molecular flexibility index (Phi) is 6.68. The van der Waals surface area contributed by atoms with Crippen molar-refractivity contribution in [3.05, 3.63) is 35.9 Å². The van der Waals surface area contributed by atoms with Crippen molar-refractivity contribution in [1.29, 1.82) is 5.26 Å². The molecular weight excluding hydrogens is 340 g/mol. The second-order valence-electron chi connectivity index (χ2n) is 5.59. The lowest BCUT2D eigenvalue weighted by Gasteiger charge is -2.17. The van der Waals surface area contributed by atoms with Crippen LogP contribution in [-0.4, -0.2) is 42.3 Å². The summed E-state index contributed by atoms with van der Waals surface area (Å²) in [5.41, 5.74) is 0.746. The van der Waals surface area contributed by atoms with E-state index in [1.165, 1.54) is 0 Å². The number of ether oxygens (including phenoxy) is 1. The van der Waals surface area contributed by atoms with Crippen molar-refractivity contribution in [1.82, 2.24) is 16.0 Å². The molecule has 9 nitrogen and oxygen atoms in total. The molecule has 1 heterocycles. The highest BCUT2D eigenvalue weighted by molar-refractivity contribution is 6.38. The number of rotatable bonds is 5. The predicted molar refractivity (Wildman–Crippen MR) is 88.3 cm³/mol. The van der Waals surface area contributed by atoms with Crippen molar-refractivity contribution in [2.24, 2.45) is 0 Å². The molecule has 0 radical (unpaired) electrons. The molecule has 1 fully saturated rings. The van der Waals surface area contributed by atoms with Gasteiger partial charge in [-0.1, -0.05) is 30.3 Å². The van der Waals surface area contributed by atoms with Crippen molar-refractivity contribution in [2.75, 3.05) is 6.54 Å². The Morgan fingerprint density at radius 3 is 2.73 bits per heavy atom. The van der Waals surface area contributed by atoms with E-state index in [9.17, 15) is 19.2 Å². The second-order valence-corrected chi connectivity index (χ2v) is 5.59. The molecule has 1 aliphatic heterocycles. The minimum absolute atomic E-state index is 0.0201. The fraction of sp³-hybridized carbons (Fsp3) is 0.353. The molecule has 0 saturated carbocycles. The number of amides is 3. The van der Waals surface area contributed by atoms with Gasteiger partial charge < -0.3 is 15.4 Å². The van der Waals surface area contributed by atoms with Gasteiger partial charge in [0, 0.05) is 6.54 Å². The van der Waals surface area contributed by atoms with Crippen LogP contribution in [0.4, 0.5) is 4.79 Å². The zero-order valence-electron chi connectivity index (χ0n) is 13.9. The Morgan fingerprint density at radius 1 is 1.31 bits per heavy atom. The first-order chi connectivity index (χ1) is 12.5. The van der Waals surface area contributed by atoms with Crippen LogP contribution in [0.5, 0.6) is 0 Å². The quantitative estimate of drug-likeness (QED) is 0.622. The van der Waals surface area contributed by atoms with E-state index < -0.39 is 35.8 Å². The third-order valence-electron chi connectivity index (χ3n) is 3.68. The van der Waals surface area contributed by atoms with Gasteiger partial charge in [-0.2, -0.15) is 5.26 Å². The van der Waals surface area contributed by atoms with Crippen LogP contribution in [0.3, 0.4) is 0 Å². The molecule has 1 aromatic carbocycles. The number of hydrogen-bond acceptors (Lipinski definition) is 6. The van der Waals surface area contributed by atoms with Gasteiger partial charge in [0.15, 0.2) is 6.04 Å². The summed E-state index contributed by atoms with van der Waals surface area (Å²) in [5, 5.41) is 15.9. The molecule has 9 heteroatoms. The summed E-state index contributed by atoms with van der Waals surface area (Å²) in [7, 11) is 0. The number of hydrogen-bond donors (Lipinski definition) is 3. The molecule has 1 aliphatic rings. The van der Waals surface area contributed by atoms with Gasteiger partial charge >= 0.3 is 6.09 Å². The van der Waals surface area contributed by atoms with Gasteiger partial charge in [-0.15, -0.1) is 0 Å². The van der Waals surface area contributed by atoms with Gasteiger partial charge in [-0.25, -0.2) is 4.79 Å². The predicted octanol–water partition coefficient (Wildman–Crippen LogP) is -0.231. The number of benzene rings is 1. The lowest BCUT2D eigenvalue weighted by Crippen LogP contribution is -2.52. The van der Waals surface area contributed by atoms with E-state index in [0.717, 1.165) is 5.56 Å². The number of Topliss-reactive ketones (excluding diaryl/α,β-unsaturated/α-hetero) is 1. The number of nitrogens with zero attached hydrogens (tertiary/aromatic N) is 1. The first kappa shape index (κ1) is 18.9. The summed E-state index contributed by atoms with van der Waals surface area (Å²) in [4.78, 5) is 47.2. The molecule has 0 aromatic heterocycles. The van der Waals surface area contributed by atoms with E-state index >= 15 is 0 Å². The first-order valence-electron chi connectivity index (χ1n) is 8.00. The molecule has 0 bridgehead atoms. The number of carbonyl (C=O) groups is 4. The van der Waals surface area contributed by atoms with E-state index in [-0.39, 0.29) is 13.0 Å². The lowest BCUT2D eigenvalue weighted by molar-refractivity contribution is -0.139. The number of ketones is 1. The SMILES string of the molecule is N#CC(NC(=O)OCc1ccccc1)C(=O)NC1CCCNC(=O)C1=O. The molecule has 1 saturated heterocycles. The normalized spacial score (nSPS) is 17.9. The molecule has 0 spiro atoms. The first-order valence-corrected chi connectivity index (χ1v) is 8.00. The van der Waals surface area contributed by atoms with Crippen LogP contribution in [0, 0.1) is 11.3 Å². The Labute approximate surface area is 149 Å². The number of carbonyl (C=O) groups excluding carboxylic acids is 4. The third-order valence-corrected chi connectivity index (χ3v) is 3.68. The Morgan fingerprint density at radius 2 is 2.04 bits per heavy atom. The zero-order valence-corrected chi connectivity index (χ0v) is 13.9. The van der Waals surface area contributed by atoms with Crippen molar-refractivity contribution in [3.63, 3.8) is 0 Å². The Bertz CT molecular complexity index is 728. The third kappa shape index (κ3) is 5.31. The van der Waals surface area contributed by atoms with Gasteiger partial charge in [0.05, 0.1) is 12.1 Å². The van der Waals surface area contributed by atoms with Crippen LogP contribution in [0.25, 0.3) is 0 Å². The fourth-order valence-corrected chi connectivity index (χ4v) is 2.32. The zero-order chi connectivity index (χ0) is 18.9. The molecule has 3 N–H and O–H groups in total. The summed E-state index contributed by atoms with van der Waals surface area (Å²) < 4.78 is 4.95. The molecular formula is C17H18N4O5. The topological polar surface area (TPSA) is 137 Å². The van der Waals surface area contributed by atoms with E-state index in [2.05, 4.69) is 16.0 Å². The maximum Gasteiger partial charge on any atom is 0.408 e. The smallest absolute Gasteiger partial charge is 0.408 e. The summed E-state index contributed by atoms with van der Waals surface area (Å²) in [6.07, 6.45) is -0.174. The van der Waals surface area contributed by atoms with Gasteiger partial charge in [0.2, 0.25) is 5.78 Å². The summed E-state index contributed by atoms with van der Waals surface area (Å²) in [6, 6.07) is 7.94. The number of nitriles is 1. The molecule has 2 unspecified atom stereocenters. The summed E-state index contributed by atoms with van der Waals surface area (Å²) in [6.45, 7) is 0.316. The Hall–Kier alpha value is -3.41. The van der Waals surface area contributed by atoms with Gasteiger partial charge in [0.25, 0.3) is 11.8 Å². The maximum atomic E-state index is 12.1. The van der Waals surface area contributed by atoms with Gasteiger partial charge in [-0.05, 0) is 18.4 Å². The van der Waals surface area contributed by atoms with E-state index in [4.69, 9.17) is 10.00 Å². The molecule has 2 rings (SSSR count). The molecule has 1 aromatic rings. The van der Waals surface area contributed by atoms with E-state index in [0.29, 0.717) is 13.0 Å². The lowest BCUT2D eigenvalue weighted by atomic mass is 10.1. The largest absolute Gasteiger partial charge is 0.445 e. The van der Waals surface area contributed by atoms with E-state index in [1.807, 2.05) is 6.07 Å². The summed E-state index contributed by atoms with van der Waals surface area (Å²) in [5.74, 6) is -2.44. The molecule has 3 amide bonds. The van der Waals surface area contributed by atoms with Crippen molar-refractivity contribution < 1.29 is 23.9 Å². The average molecular weight is 358 g/mol. The van der Waals surface area contributed by atoms with Crippen molar-refractivity contribution in [3.8, 4) is 6.07 Å². The minimum Gasteiger partial charge on any atom is -0.445 e. The molecule has 2 atom stereocenters. The maximum absolute atomic E-state index is 12.1. The van der Waals surface area contributed by atoms with Crippen LogP contribution in [0.15, 0.2) is 30.3 Å². The standard InChI is InChI=1S/C17H18N4O5/c18-9-13(21-17(25)26-10-11-5-2-1-3-6-11)15(23)20-12-7-4-8-19-16(24)14(12)22/h1-3,5-6,12-13H,4,7-8,10H2,(H,19,24)(H,20,23)(H,21,25). The minimum atomic E-state index is -1.54. The van der Waals surface area contributed by atoms with Crippen LogP contribution in [0.1, 0.15) is 18.4 Å². The average Bonchev–Trinajstić information content (AvgIpc) is 2.81. The van der Waals surface area contributed by atoms with Crippen LogP contribution >= 0.6 is 0 Å². The van der Waals surface area contributed by atoms with Crippen LogP contribution in [-0.2, 0) is 25.7 Å². The van der Waals surface area contributed by atoms with Crippen molar-refractivity contribution in [2.45, 2.75) is 31.5 Å². The van der Waals surface area contributed by atoms with Gasteiger partial charge in [0.1, 0.15) is 6.61 Å². The Balaban J connectivity index is 1.87. The van der Waals surface area contributed by atoms with Gasteiger partial charge in [-0.3, -0.25) is 19.7 Å². The van der Waals surface area contributed by atoms with E-state index in [1.54, 1.807) is 30.3 Å². The van der Waals surface area contributed by atoms with Crippen LogP contribution < -0.4 is 16.0 Å². The monoisotopic (exact) mass is 358 g/mol. The molecule has 26 heavy (non-hydrogen) atoms. The highest BCUT2D eigenvalue weighted by Gasteiger charge is 2.31. The molecule has 0 aliphatic carbocycles.